The van der Waals surface area contributed by atoms with E-state index in [0.29, 0.717) is 5.57 Å². The van der Waals surface area contributed by atoms with Gasteiger partial charge in [0.2, 0.25) is 0 Å². The van der Waals surface area contributed by atoms with Crippen molar-refractivity contribution in [1.29, 1.82) is 0 Å². The first-order valence-corrected chi connectivity index (χ1v) is 3.14. The zero-order chi connectivity index (χ0) is 9.44. The van der Waals surface area contributed by atoms with Gasteiger partial charge in [0.1, 0.15) is 6.29 Å². The smallest absolute Gasteiger partial charge is 0.330 e. The van der Waals surface area contributed by atoms with Gasteiger partial charge >= 0.3 is 5.97 Å². The average molecular weight is 162 g/mol. The second-order valence-corrected chi connectivity index (χ2v) is 1.91. The Morgan fingerprint density at radius 3 is 1.73 bits per heavy atom. The van der Waals surface area contributed by atoms with Gasteiger partial charge in [-0.2, -0.15) is 0 Å². The van der Waals surface area contributed by atoms with Gasteiger partial charge in [-0.3, -0.25) is 0 Å². The van der Waals surface area contributed by atoms with Crippen LogP contribution in [0.5, 0.6) is 0 Å². The fourth-order valence-electron chi connectivity index (χ4n) is 0.123. The van der Waals surface area contributed by atoms with Crippen molar-refractivity contribution < 1.29 is 20.1 Å². The van der Waals surface area contributed by atoms with Crippen molar-refractivity contribution in [1.82, 2.24) is 0 Å². The second kappa shape index (κ2) is 7.24. The molecule has 4 heteroatoms. The van der Waals surface area contributed by atoms with Gasteiger partial charge in [-0.25, -0.2) is 4.79 Å². The normalized spacial score (nSPS) is 10.5. The van der Waals surface area contributed by atoms with Gasteiger partial charge in [-0.15, -0.1) is 0 Å². The summed E-state index contributed by atoms with van der Waals surface area (Å²) >= 11 is 0. The predicted octanol–water partition coefficient (Wildman–Crippen LogP) is 0.354. The SMILES string of the molecule is CC(O)O.CC=C(C)C(=O)O. The van der Waals surface area contributed by atoms with Gasteiger partial charge in [0.15, 0.2) is 0 Å². The summed E-state index contributed by atoms with van der Waals surface area (Å²) in [5.41, 5.74) is 0.389. The van der Waals surface area contributed by atoms with Crippen molar-refractivity contribution in [3.63, 3.8) is 0 Å². The maximum absolute atomic E-state index is 9.86. The van der Waals surface area contributed by atoms with E-state index in [2.05, 4.69) is 0 Å². The number of aliphatic hydroxyl groups is 2. The van der Waals surface area contributed by atoms with Crippen molar-refractivity contribution in [2.24, 2.45) is 0 Å². The quantitative estimate of drug-likeness (QED) is 0.384. The Kier molecular flexibility index (Phi) is 8.41. The molecule has 0 spiro atoms. The van der Waals surface area contributed by atoms with Crippen LogP contribution in [-0.4, -0.2) is 27.6 Å². The Hall–Kier alpha value is -0.870. The van der Waals surface area contributed by atoms with Gasteiger partial charge in [-0.05, 0) is 20.8 Å². The van der Waals surface area contributed by atoms with Crippen molar-refractivity contribution in [3.8, 4) is 0 Å². The highest BCUT2D eigenvalue weighted by Crippen LogP contribution is 1.87. The van der Waals surface area contributed by atoms with Crippen LogP contribution in [0.1, 0.15) is 20.8 Å². The summed E-state index contributed by atoms with van der Waals surface area (Å²) in [6.07, 6.45) is 0.391. The highest BCUT2D eigenvalue weighted by atomic mass is 16.5. The molecule has 3 N–H and O–H groups in total. The van der Waals surface area contributed by atoms with E-state index >= 15 is 0 Å². The lowest BCUT2D eigenvalue weighted by atomic mass is 10.3. The molecule has 0 saturated carbocycles. The van der Waals surface area contributed by atoms with Crippen LogP contribution in [0.15, 0.2) is 11.6 Å². The molecule has 0 amide bonds. The predicted molar refractivity (Wildman–Crippen MR) is 41.0 cm³/mol. The van der Waals surface area contributed by atoms with Crippen molar-refractivity contribution in [2.45, 2.75) is 27.1 Å². The summed E-state index contributed by atoms with van der Waals surface area (Å²) in [5, 5.41) is 23.3. The van der Waals surface area contributed by atoms with E-state index in [0.717, 1.165) is 0 Å². The molecule has 0 aromatic carbocycles. The van der Waals surface area contributed by atoms with Crippen LogP contribution < -0.4 is 0 Å². The van der Waals surface area contributed by atoms with Gasteiger partial charge in [0, 0.05) is 5.57 Å². The van der Waals surface area contributed by atoms with E-state index < -0.39 is 12.3 Å². The summed E-state index contributed by atoms with van der Waals surface area (Å²) in [4.78, 5) is 9.86. The minimum atomic E-state index is -1.17. The van der Waals surface area contributed by atoms with Crippen molar-refractivity contribution in [3.05, 3.63) is 11.6 Å². The first kappa shape index (κ1) is 12.8. The lowest BCUT2D eigenvalue weighted by molar-refractivity contribution is -0.132. The van der Waals surface area contributed by atoms with E-state index in [1.54, 1.807) is 19.9 Å². The van der Waals surface area contributed by atoms with Crippen molar-refractivity contribution >= 4 is 5.97 Å². The first-order valence-electron chi connectivity index (χ1n) is 3.14. The number of carboxylic acids is 1. The minimum Gasteiger partial charge on any atom is -0.478 e. The van der Waals surface area contributed by atoms with Crippen LogP contribution in [0.4, 0.5) is 0 Å². The number of allylic oxidation sites excluding steroid dienone is 1. The molecule has 0 aliphatic heterocycles. The largest absolute Gasteiger partial charge is 0.478 e. The Bertz CT molecular complexity index is 135. The Morgan fingerprint density at radius 2 is 1.73 bits per heavy atom. The Labute approximate surface area is 65.8 Å². The van der Waals surface area contributed by atoms with Gasteiger partial charge < -0.3 is 15.3 Å². The van der Waals surface area contributed by atoms with Gasteiger partial charge in [-0.1, -0.05) is 6.08 Å². The number of carboxylic acid groups (broad SMARTS) is 1. The van der Waals surface area contributed by atoms with Crippen LogP contribution in [0.25, 0.3) is 0 Å². The lowest BCUT2D eigenvalue weighted by Crippen LogP contribution is -1.93. The maximum atomic E-state index is 9.86. The van der Waals surface area contributed by atoms with Crippen LogP contribution in [-0.2, 0) is 4.79 Å². The topological polar surface area (TPSA) is 77.8 Å². The third-order valence-electron chi connectivity index (χ3n) is 0.770. The molecule has 0 radical (unpaired) electrons. The Balaban J connectivity index is 0. The number of rotatable bonds is 1. The van der Waals surface area contributed by atoms with E-state index in [4.69, 9.17) is 15.3 Å². The number of aliphatic carboxylic acids is 1. The summed E-state index contributed by atoms with van der Waals surface area (Å²) in [5.74, 6) is -0.845. The fraction of sp³-hybridized carbons (Fsp3) is 0.571. The molecule has 0 aromatic rings. The number of carbonyl (C=O) groups is 1. The zero-order valence-electron chi connectivity index (χ0n) is 6.90. The molecule has 0 atom stereocenters. The maximum Gasteiger partial charge on any atom is 0.330 e. The summed E-state index contributed by atoms with van der Waals surface area (Å²) in [6.45, 7) is 4.53. The van der Waals surface area contributed by atoms with E-state index in [-0.39, 0.29) is 0 Å². The third-order valence-corrected chi connectivity index (χ3v) is 0.770. The van der Waals surface area contributed by atoms with Crippen LogP contribution in [0, 0.1) is 0 Å². The molecular weight excluding hydrogens is 148 g/mol. The standard InChI is InChI=1S/C5H8O2.C2H6O2/c1-3-4(2)5(6)7;1-2(3)4/h3H,1-2H3,(H,6,7);2-4H,1H3. The molecule has 0 unspecified atom stereocenters. The fourth-order valence-corrected chi connectivity index (χ4v) is 0.123. The van der Waals surface area contributed by atoms with E-state index in [1.807, 2.05) is 0 Å². The zero-order valence-corrected chi connectivity index (χ0v) is 6.90. The molecule has 0 saturated heterocycles. The molecule has 0 aliphatic carbocycles. The van der Waals surface area contributed by atoms with Gasteiger partial charge in [0.05, 0.1) is 0 Å². The molecule has 0 bridgehead atoms. The monoisotopic (exact) mass is 162 g/mol. The van der Waals surface area contributed by atoms with Crippen LogP contribution in [0.3, 0.4) is 0 Å². The number of hydrogen-bond donors (Lipinski definition) is 3. The van der Waals surface area contributed by atoms with E-state index in [1.165, 1.54) is 6.92 Å². The van der Waals surface area contributed by atoms with Crippen LogP contribution in [0.2, 0.25) is 0 Å². The summed E-state index contributed by atoms with van der Waals surface area (Å²) < 4.78 is 0. The lowest BCUT2D eigenvalue weighted by Gasteiger charge is -1.84. The highest BCUT2D eigenvalue weighted by molar-refractivity contribution is 5.85. The summed E-state index contributed by atoms with van der Waals surface area (Å²) in [6, 6.07) is 0. The molecule has 0 heterocycles. The second-order valence-electron chi connectivity index (χ2n) is 1.91. The molecular formula is C7H14O4. The average Bonchev–Trinajstić information content (AvgIpc) is 1.85. The molecule has 4 nitrogen and oxygen atoms in total. The molecule has 66 valence electrons. The van der Waals surface area contributed by atoms with Gasteiger partial charge in [0.25, 0.3) is 0 Å². The summed E-state index contributed by atoms with van der Waals surface area (Å²) in [7, 11) is 0. The Morgan fingerprint density at radius 1 is 1.45 bits per heavy atom. The molecule has 0 aliphatic rings. The minimum absolute atomic E-state index is 0.389. The highest BCUT2D eigenvalue weighted by Gasteiger charge is 1.93. The molecule has 11 heavy (non-hydrogen) atoms. The molecule has 0 rings (SSSR count). The van der Waals surface area contributed by atoms with Crippen LogP contribution >= 0.6 is 0 Å². The molecule has 0 fully saturated rings. The first-order chi connectivity index (χ1) is 4.91. The third kappa shape index (κ3) is 17.6. The van der Waals surface area contributed by atoms with Crippen molar-refractivity contribution in [2.75, 3.05) is 0 Å². The molecule has 0 aromatic heterocycles. The number of hydrogen-bond acceptors (Lipinski definition) is 3. The van der Waals surface area contributed by atoms with E-state index in [9.17, 15) is 4.79 Å². The number of aliphatic hydroxyl groups excluding tert-OH is 1.